The van der Waals surface area contributed by atoms with E-state index >= 15 is 0 Å². The first-order valence-corrected chi connectivity index (χ1v) is 9.13. The summed E-state index contributed by atoms with van der Waals surface area (Å²) in [4.78, 5) is 12.5. The van der Waals surface area contributed by atoms with Crippen molar-refractivity contribution in [3.63, 3.8) is 0 Å². The summed E-state index contributed by atoms with van der Waals surface area (Å²) >= 11 is 0. The third-order valence-corrected chi connectivity index (χ3v) is 4.47. The molecule has 0 saturated carbocycles. The van der Waals surface area contributed by atoms with Crippen LogP contribution in [0.25, 0.3) is 0 Å². The van der Waals surface area contributed by atoms with E-state index in [1.54, 1.807) is 37.4 Å². The number of nitrogens with zero attached hydrogens (tertiary/aromatic N) is 2. The van der Waals surface area contributed by atoms with Gasteiger partial charge < -0.3 is 20.1 Å². The van der Waals surface area contributed by atoms with E-state index in [0.717, 1.165) is 16.8 Å². The average Bonchev–Trinajstić information content (AvgIpc) is 2.71. The molecule has 0 bridgehead atoms. The van der Waals surface area contributed by atoms with Gasteiger partial charge in [-0.25, -0.2) is 0 Å². The van der Waals surface area contributed by atoms with Gasteiger partial charge in [0.1, 0.15) is 0 Å². The number of aromatic nitrogens is 2. The lowest BCUT2D eigenvalue weighted by atomic mass is 10.1. The summed E-state index contributed by atoms with van der Waals surface area (Å²) in [5.41, 5.74) is 5.23. The number of amides is 1. The van der Waals surface area contributed by atoms with Crippen molar-refractivity contribution in [2.75, 3.05) is 24.9 Å². The second kappa shape index (κ2) is 8.60. The van der Waals surface area contributed by atoms with Gasteiger partial charge >= 0.3 is 0 Å². The van der Waals surface area contributed by atoms with Gasteiger partial charge in [-0.2, -0.15) is 0 Å². The molecule has 0 saturated heterocycles. The molecule has 0 atom stereocenters. The third kappa shape index (κ3) is 4.63. The number of hydrogen-bond donors (Lipinski definition) is 2. The monoisotopic (exact) mass is 392 g/mol. The molecular formula is C22H24N4O3. The van der Waals surface area contributed by atoms with Gasteiger partial charge in [0, 0.05) is 17.4 Å². The quantitative estimate of drug-likeness (QED) is 0.646. The smallest absolute Gasteiger partial charge is 0.276 e. The average molecular weight is 392 g/mol. The van der Waals surface area contributed by atoms with Gasteiger partial charge in [0.25, 0.3) is 5.91 Å². The molecule has 150 valence electrons. The number of aryl methyl sites for hydroxylation is 3. The van der Waals surface area contributed by atoms with E-state index in [1.807, 2.05) is 13.8 Å². The molecule has 1 heterocycles. The van der Waals surface area contributed by atoms with E-state index in [-0.39, 0.29) is 11.6 Å². The Hall–Kier alpha value is -3.61. The van der Waals surface area contributed by atoms with Crippen molar-refractivity contribution in [1.29, 1.82) is 0 Å². The van der Waals surface area contributed by atoms with Crippen LogP contribution >= 0.6 is 0 Å². The number of methoxy groups -OCH3 is 2. The molecule has 1 amide bonds. The summed E-state index contributed by atoms with van der Waals surface area (Å²) in [7, 11) is 3.10. The van der Waals surface area contributed by atoms with Crippen molar-refractivity contribution < 1.29 is 14.3 Å². The molecule has 3 rings (SSSR count). The van der Waals surface area contributed by atoms with Crippen molar-refractivity contribution in [1.82, 2.24) is 10.2 Å². The van der Waals surface area contributed by atoms with Crippen molar-refractivity contribution in [3.8, 4) is 11.5 Å². The Bertz CT molecular complexity index is 1010. The summed E-state index contributed by atoms with van der Waals surface area (Å²) in [6, 6.07) is 12.7. The number of nitrogens with one attached hydrogen (secondary N) is 2. The van der Waals surface area contributed by atoms with E-state index in [0.29, 0.717) is 23.0 Å². The van der Waals surface area contributed by atoms with Crippen molar-refractivity contribution in [2.24, 2.45) is 0 Å². The molecular weight excluding hydrogens is 368 g/mol. The van der Waals surface area contributed by atoms with E-state index in [1.165, 1.54) is 12.7 Å². The van der Waals surface area contributed by atoms with Gasteiger partial charge in [-0.3, -0.25) is 4.79 Å². The summed E-state index contributed by atoms with van der Waals surface area (Å²) in [5, 5.41) is 14.2. The molecule has 2 N–H and O–H groups in total. The maximum absolute atomic E-state index is 12.5. The highest BCUT2D eigenvalue weighted by molar-refractivity contribution is 6.03. The number of carbonyl (C=O) groups excluding carboxylic acids is 1. The molecule has 7 nitrogen and oxygen atoms in total. The minimum Gasteiger partial charge on any atom is -0.493 e. The van der Waals surface area contributed by atoms with E-state index in [9.17, 15) is 4.79 Å². The van der Waals surface area contributed by atoms with Crippen LogP contribution in [0.1, 0.15) is 27.2 Å². The molecule has 2 aromatic carbocycles. The number of carbonyl (C=O) groups is 1. The van der Waals surface area contributed by atoms with Crippen LogP contribution < -0.4 is 20.1 Å². The molecule has 0 unspecified atom stereocenters. The Morgan fingerprint density at radius 2 is 1.55 bits per heavy atom. The number of rotatable bonds is 6. The van der Waals surface area contributed by atoms with Gasteiger partial charge in [-0.15, -0.1) is 10.2 Å². The van der Waals surface area contributed by atoms with Crippen LogP contribution in [0.2, 0.25) is 0 Å². The number of ether oxygens (including phenoxy) is 2. The Labute approximate surface area is 170 Å². The standard InChI is InChI=1S/C22H24N4O3/c1-13-10-14(2)21(15(3)11-13)24-20-9-7-17(25-26-20)22(27)23-16-6-8-18(28-4)19(12-16)29-5/h6-12H,1-5H3,(H,23,27)(H,24,26). The highest BCUT2D eigenvalue weighted by atomic mass is 16.5. The van der Waals surface area contributed by atoms with E-state index in [4.69, 9.17) is 9.47 Å². The summed E-state index contributed by atoms with van der Waals surface area (Å²) in [6.07, 6.45) is 0. The highest BCUT2D eigenvalue weighted by Crippen LogP contribution is 2.30. The molecule has 0 aliphatic rings. The normalized spacial score (nSPS) is 10.4. The molecule has 1 aromatic heterocycles. The summed E-state index contributed by atoms with van der Waals surface area (Å²) in [5.74, 6) is 1.32. The van der Waals surface area contributed by atoms with Crippen molar-refractivity contribution in [2.45, 2.75) is 20.8 Å². The fourth-order valence-electron chi connectivity index (χ4n) is 3.13. The first-order chi connectivity index (χ1) is 13.9. The number of hydrogen-bond acceptors (Lipinski definition) is 6. The second-order valence-corrected chi connectivity index (χ2v) is 6.73. The summed E-state index contributed by atoms with van der Waals surface area (Å²) in [6.45, 7) is 6.15. The summed E-state index contributed by atoms with van der Waals surface area (Å²) < 4.78 is 10.4. The van der Waals surface area contributed by atoms with Crippen LogP contribution in [0.4, 0.5) is 17.2 Å². The number of anilines is 3. The van der Waals surface area contributed by atoms with Crippen LogP contribution in [-0.4, -0.2) is 30.3 Å². The zero-order valence-corrected chi connectivity index (χ0v) is 17.2. The molecule has 3 aromatic rings. The van der Waals surface area contributed by atoms with Crippen LogP contribution in [0.15, 0.2) is 42.5 Å². The van der Waals surface area contributed by atoms with Gasteiger partial charge in [0.15, 0.2) is 23.0 Å². The maximum atomic E-state index is 12.5. The van der Waals surface area contributed by atoms with Gasteiger partial charge in [-0.05, 0) is 56.2 Å². The van der Waals surface area contributed by atoms with Crippen LogP contribution in [0, 0.1) is 20.8 Å². The molecule has 0 fully saturated rings. The predicted molar refractivity (Wildman–Crippen MR) is 113 cm³/mol. The van der Waals surface area contributed by atoms with Gasteiger partial charge in [0.2, 0.25) is 0 Å². The van der Waals surface area contributed by atoms with E-state index < -0.39 is 0 Å². The molecule has 29 heavy (non-hydrogen) atoms. The first-order valence-electron chi connectivity index (χ1n) is 9.13. The van der Waals surface area contributed by atoms with Crippen LogP contribution in [-0.2, 0) is 0 Å². The van der Waals surface area contributed by atoms with Crippen molar-refractivity contribution >= 4 is 23.1 Å². The third-order valence-electron chi connectivity index (χ3n) is 4.47. The van der Waals surface area contributed by atoms with Crippen LogP contribution in [0.3, 0.4) is 0 Å². The van der Waals surface area contributed by atoms with Crippen LogP contribution in [0.5, 0.6) is 11.5 Å². The fraction of sp³-hybridized carbons (Fsp3) is 0.227. The lowest BCUT2D eigenvalue weighted by molar-refractivity contribution is 0.102. The molecule has 0 radical (unpaired) electrons. The number of benzene rings is 2. The Balaban J connectivity index is 1.72. The lowest BCUT2D eigenvalue weighted by Crippen LogP contribution is -2.14. The van der Waals surface area contributed by atoms with E-state index in [2.05, 4.69) is 39.9 Å². The second-order valence-electron chi connectivity index (χ2n) is 6.73. The Kier molecular flexibility index (Phi) is 5.97. The molecule has 0 aliphatic carbocycles. The minimum atomic E-state index is -0.362. The Morgan fingerprint density at radius 3 is 2.14 bits per heavy atom. The van der Waals surface area contributed by atoms with Gasteiger partial charge in [-0.1, -0.05) is 17.7 Å². The maximum Gasteiger partial charge on any atom is 0.276 e. The fourth-order valence-corrected chi connectivity index (χ4v) is 3.13. The lowest BCUT2D eigenvalue weighted by Gasteiger charge is -2.13. The van der Waals surface area contributed by atoms with Gasteiger partial charge in [0.05, 0.1) is 14.2 Å². The SMILES string of the molecule is COc1ccc(NC(=O)c2ccc(Nc3c(C)cc(C)cc3C)nn2)cc1OC. The highest BCUT2D eigenvalue weighted by Gasteiger charge is 2.12. The minimum absolute atomic E-state index is 0.211. The predicted octanol–water partition coefficient (Wildman–Crippen LogP) is 4.41. The Morgan fingerprint density at radius 1 is 0.862 bits per heavy atom. The first kappa shape index (κ1) is 20.1. The molecule has 0 aliphatic heterocycles. The zero-order chi connectivity index (χ0) is 21.0. The zero-order valence-electron chi connectivity index (χ0n) is 17.2. The molecule has 7 heteroatoms. The molecule has 0 spiro atoms. The van der Waals surface area contributed by atoms with Crippen molar-refractivity contribution in [3.05, 3.63) is 64.8 Å². The topological polar surface area (TPSA) is 85.4 Å². The largest absolute Gasteiger partial charge is 0.493 e.